The maximum Gasteiger partial charge on any atom is 0.154 e. The molecule has 0 saturated heterocycles. The van der Waals surface area contributed by atoms with Crippen LogP contribution in [-0.4, -0.2) is 12.1 Å². The van der Waals surface area contributed by atoms with Crippen molar-refractivity contribution in [1.29, 1.82) is 0 Å². The summed E-state index contributed by atoms with van der Waals surface area (Å²) < 4.78 is 0. The molecule has 3 aliphatic rings. The molecule has 1 N–H and O–H groups in total. The lowest BCUT2D eigenvalue weighted by Crippen LogP contribution is -2.37. The van der Waals surface area contributed by atoms with E-state index in [2.05, 4.69) is 53.9 Å². The Bertz CT molecular complexity index is 1460. The van der Waals surface area contributed by atoms with E-state index < -0.39 is 5.92 Å². The van der Waals surface area contributed by atoms with Gasteiger partial charge in [0.25, 0.3) is 0 Å². The highest BCUT2D eigenvalue weighted by molar-refractivity contribution is 6.02. The highest BCUT2D eigenvalue weighted by atomic mass is 16.1. The minimum absolute atomic E-state index is 0.00524. The van der Waals surface area contributed by atoms with Crippen molar-refractivity contribution in [2.24, 2.45) is 5.92 Å². The van der Waals surface area contributed by atoms with Crippen molar-refractivity contribution in [1.82, 2.24) is 5.32 Å². The smallest absolute Gasteiger partial charge is 0.154 e. The second kappa shape index (κ2) is 11.0. The first-order chi connectivity index (χ1) is 17.8. The predicted molar refractivity (Wildman–Crippen MR) is 146 cm³/mol. The Labute approximate surface area is 211 Å². The van der Waals surface area contributed by atoms with Crippen LogP contribution in [0.15, 0.2) is 103 Å². The van der Waals surface area contributed by atoms with Gasteiger partial charge in [0.05, 0.1) is 5.92 Å². The summed E-state index contributed by atoms with van der Waals surface area (Å²) in [5.41, 5.74) is 5.94. The number of fused-ring (bicyclic) bond motifs is 5. The Morgan fingerprint density at radius 2 is 1.56 bits per heavy atom. The third kappa shape index (κ3) is 4.92. The minimum atomic E-state index is -0.691. The van der Waals surface area contributed by atoms with Crippen LogP contribution in [0.3, 0.4) is 0 Å². The van der Waals surface area contributed by atoms with Crippen LogP contribution >= 0.6 is 0 Å². The molecule has 1 aliphatic heterocycles. The van der Waals surface area contributed by atoms with Crippen molar-refractivity contribution in [3.8, 4) is 11.1 Å². The van der Waals surface area contributed by atoms with Crippen LogP contribution in [0.5, 0.6) is 0 Å². The summed E-state index contributed by atoms with van der Waals surface area (Å²) in [6.45, 7) is 0. The number of hydrogen-bond donors (Lipinski definition) is 1. The van der Waals surface area contributed by atoms with Crippen molar-refractivity contribution in [2.45, 2.75) is 25.2 Å². The van der Waals surface area contributed by atoms with E-state index in [9.17, 15) is 9.59 Å². The van der Waals surface area contributed by atoms with Crippen molar-refractivity contribution in [3.05, 3.63) is 131 Å². The average Bonchev–Trinajstić information content (AvgIpc) is 3.27. The van der Waals surface area contributed by atoms with Crippen LogP contribution in [0, 0.1) is 5.92 Å². The molecular weight excluding hydrogens is 442 g/mol. The summed E-state index contributed by atoms with van der Waals surface area (Å²) in [6.07, 6.45) is 19.3. The molecule has 0 fully saturated rings. The number of carbonyl (C=O) groups is 2. The molecule has 0 saturated carbocycles. The normalized spacial score (nSPS) is 17.3. The lowest BCUT2D eigenvalue weighted by atomic mass is 9.80. The third-order valence-corrected chi connectivity index (χ3v) is 6.99. The van der Waals surface area contributed by atoms with Gasteiger partial charge in [0.1, 0.15) is 6.29 Å². The first-order valence-corrected chi connectivity index (χ1v) is 12.5. The Balaban J connectivity index is 0.000000330. The van der Waals surface area contributed by atoms with Crippen LogP contribution in [0.1, 0.15) is 29.0 Å². The fraction of sp³-hybridized carbons (Fsp3) is 0.152. The monoisotopic (exact) mass is 471 g/mol. The molecule has 1 heterocycles. The van der Waals surface area contributed by atoms with Crippen LogP contribution < -0.4 is 15.8 Å². The number of ketones is 1. The number of aryl methyl sites for hydroxylation is 1. The Kier molecular flexibility index (Phi) is 7.18. The molecule has 2 atom stereocenters. The number of hydrogen-bond acceptors (Lipinski definition) is 3. The molecule has 2 aliphatic carbocycles. The standard InChI is InChI=1S/C27H22O2.C6H7N/c28-17-26(18-6-2-1-3-7-18)27(29)21-11-10-20-13-14-23-22-9-5-4-8-19(22)12-15-24(23)25(20)16-21;1-2-4-6-7-5-3-1/h1-9,13-17,21,26H,10-12H2;1-7H. The first-order valence-electron chi connectivity index (χ1n) is 12.5. The Morgan fingerprint density at radius 3 is 2.33 bits per heavy atom. The maximum atomic E-state index is 13.2. The van der Waals surface area contributed by atoms with Crippen LogP contribution in [-0.2, 0) is 22.4 Å². The van der Waals surface area contributed by atoms with E-state index in [1.165, 1.54) is 32.7 Å². The van der Waals surface area contributed by atoms with E-state index in [4.69, 9.17) is 0 Å². The zero-order valence-corrected chi connectivity index (χ0v) is 20.1. The molecule has 0 radical (unpaired) electrons. The summed E-state index contributed by atoms with van der Waals surface area (Å²) >= 11 is 0. The molecule has 6 rings (SSSR count). The number of Topliss-reactive ketones (excluding diaryl/α,β-unsaturated/α-hetero) is 1. The molecule has 0 aromatic heterocycles. The molecule has 2 unspecified atom stereocenters. The Hall–Kier alpha value is -4.24. The average molecular weight is 472 g/mol. The number of aldehydes is 1. The molecule has 3 aromatic carbocycles. The summed E-state index contributed by atoms with van der Waals surface area (Å²) in [6, 6.07) is 22.3. The van der Waals surface area contributed by atoms with Gasteiger partial charge in [-0.25, -0.2) is 0 Å². The van der Waals surface area contributed by atoms with E-state index in [1.54, 1.807) is 0 Å². The number of allylic oxidation sites excluding steroid dienone is 4. The molecule has 3 aromatic rings. The van der Waals surface area contributed by atoms with Crippen molar-refractivity contribution < 1.29 is 9.59 Å². The lowest BCUT2D eigenvalue weighted by molar-refractivity contribution is -0.126. The summed E-state index contributed by atoms with van der Waals surface area (Å²) in [5, 5.41) is 5.34. The second-order valence-corrected chi connectivity index (χ2v) is 9.17. The van der Waals surface area contributed by atoms with Crippen molar-refractivity contribution in [2.75, 3.05) is 0 Å². The summed E-state index contributed by atoms with van der Waals surface area (Å²) in [7, 11) is 0. The van der Waals surface area contributed by atoms with Gasteiger partial charge in [0.15, 0.2) is 5.78 Å². The SMILES string of the molecule is C1=CC=CNC=C1.O=CC(C(=O)C1C=c2c(ccc3c2=CCc2ccccc2-3)CC1)c1ccccc1. The molecular formula is C33H29NO2. The molecule has 3 heteroatoms. The van der Waals surface area contributed by atoms with E-state index in [-0.39, 0.29) is 11.7 Å². The molecule has 3 nitrogen and oxygen atoms in total. The van der Waals surface area contributed by atoms with E-state index in [0.717, 1.165) is 31.1 Å². The van der Waals surface area contributed by atoms with Gasteiger partial charge in [-0.3, -0.25) is 4.79 Å². The van der Waals surface area contributed by atoms with Gasteiger partial charge in [-0.15, -0.1) is 0 Å². The number of rotatable bonds is 4. The second-order valence-electron chi connectivity index (χ2n) is 9.17. The fourth-order valence-corrected chi connectivity index (χ4v) is 5.15. The molecule has 0 bridgehead atoms. The first kappa shape index (κ1) is 23.5. The van der Waals surface area contributed by atoms with Gasteiger partial charge >= 0.3 is 0 Å². The third-order valence-electron chi connectivity index (χ3n) is 6.99. The number of carbonyl (C=O) groups excluding carboxylic acids is 2. The molecule has 0 spiro atoms. The maximum absolute atomic E-state index is 13.2. The van der Waals surface area contributed by atoms with E-state index in [1.807, 2.05) is 67.0 Å². The Morgan fingerprint density at radius 1 is 0.806 bits per heavy atom. The topological polar surface area (TPSA) is 46.2 Å². The van der Waals surface area contributed by atoms with Gasteiger partial charge < -0.3 is 10.1 Å². The van der Waals surface area contributed by atoms with E-state index in [0.29, 0.717) is 0 Å². The van der Waals surface area contributed by atoms with Gasteiger partial charge in [-0.05, 0) is 69.7 Å². The predicted octanol–water partition coefficient (Wildman–Crippen LogP) is 4.76. The van der Waals surface area contributed by atoms with E-state index >= 15 is 0 Å². The lowest BCUT2D eigenvalue weighted by Gasteiger charge is -2.23. The van der Waals surface area contributed by atoms with Gasteiger partial charge in [-0.1, -0.05) is 91.0 Å². The summed E-state index contributed by atoms with van der Waals surface area (Å²) in [4.78, 5) is 25.0. The quantitative estimate of drug-likeness (QED) is 0.441. The largest absolute Gasteiger partial charge is 0.368 e. The van der Waals surface area contributed by atoms with Crippen LogP contribution in [0.2, 0.25) is 0 Å². The van der Waals surface area contributed by atoms with Gasteiger partial charge in [0, 0.05) is 18.3 Å². The van der Waals surface area contributed by atoms with Crippen molar-refractivity contribution in [3.63, 3.8) is 0 Å². The number of benzene rings is 3. The van der Waals surface area contributed by atoms with Crippen LogP contribution in [0.4, 0.5) is 0 Å². The van der Waals surface area contributed by atoms with Crippen molar-refractivity contribution >= 4 is 24.2 Å². The summed E-state index contributed by atoms with van der Waals surface area (Å²) in [5.74, 6) is -0.913. The van der Waals surface area contributed by atoms with Gasteiger partial charge in [0.2, 0.25) is 0 Å². The highest BCUT2D eigenvalue weighted by Crippen LogP contribution is 2.27. The fourth-order valence-electron chi connectivity index (χ4n) is 5.15. The van der Waals surface area contributed by atoms with Gasteiger partial charge in [-0.2, -0.15) is 0 Å². The molecule has 36 heavy (non-hydrogen) atoms. The molecule has 0 amide bonds. The van der Waals surface area contributed by atoms with Crippen LogP contribution in [0.25, 0.3) is 23.3 Å². The number of nitrogens with one attached hydrogen (secondary N) is 1. The zero-order chi connectivity index (χ0) is 24.7. The highest BCUT2D eigenvalue weighted by Gasteiger charge is 2.28. The zero-order valence-electron chi connectivity index (χ0n) is 20.1. The minimum Gasteiger partial charge on any atom is -0.368 e. The molecule has 178 valence electrons.